The van der Waals surface area contributed by atoms with Crippen molar-refractivity contribution in [2.45, 2.75) is 6.92 Å². The summed E-state index contributed by atoms with van der Waals surface area (Å²) < 4.78 is 24.0. The molecule has 0 saturated heterocycles. The summed E-state index contributed by atoms with van der Waals surface area (Å²) in [5.41, 5.74) is 3.39. The predicted molar refractivity (Wildman–Crippen MR) is 120 cm³/mol. The monoisotopic (exact) mass is 449 g/mol. The molecule has 0 saturated carbocycles. The van der Waals surface area contributed by atoms with E-state index in [9.17, 15) is 18.8 Å². The Morgan fingerprint density at radius 2 is 1.42 bits per heavy atom. The normalized spacial score (nSPS) is 10.8. The molecular formula is C24H20FN3O5. The summed E-state index contributed by atoms with van der Waals surface area (Å²) in [6.45, 7) is 1.62. The zero-order valence-corrected chi connectivity index (χ0v) is 17.8. The first-order valence-electron chi connectivity index (χ1n) is 9.74. The Morgan fingerprint density at radius 1 is 0.818 bits per heavy atom. The minimum absolute atomic E-state index is 0.113. The fourth-order valence-electron chi connectivity index (χ4n) is 2.65. The van der Waals surface area contributed by atoms with E-state index in [2.05, 4.69) is 15.8 Å². The first-order chi connectivity index (χ1) is 15.9. The molecule has 0 atom stereocenters. The van der Waals surface area contributed by atoms with Crippen LogP contribution in [0.15, 0.2) is 77.9 Å². The Bertz CT molecular complexity index is 1190. The average molecular weight is 449 g/mol. The van der Waals surface area contributed by atoms with E-state index < -0.39 is 23.6 Å². The van der Waals surface area contributed by atoms with Crippen molar-refractivity contribution in [1.29, 1.82) is 0 Å². The van der Waals surface area contributed by atoms with Crippen LogP contribution in [0.2, 0.25) is 0 Å². The summed E-state index contributed by atoms with van der Waals surface area (Å²) in [7, 11) is 1.53. The number of carbonyl (C=O) groups excluding carboxylic acids is 3. The number of carbonyl (C=O) groups is 3. The third-order valence-corrected chi connectivity index (χ3v) is 4.46. The van der Waals surface area contributed by atoms with Gasteiger partial charge in [-0.1, -0.05) is 12.1 Å². The smallest absolute Gasteiger partial charge is 0.343 e. The number of rotatable bonds is 6. The van der Waals surface area contributed by atoms with E-state index in [4.69, 9.17) is 9.47 Å². The van der Waals surface area contributed by atoms with E-state index in [0.29, 0.717) is 28.3 Å². The molecule has 8 nitrogen and oxygen atoms in total. The molecule has 0 radical (unpaired) electrons. The molecule has 0 heterocycles. The number of amides is 2. The number of hydrogen-bond donors (Lipinski definition) is 2. The predicted octanol–water partition coefficient (Wildman–Crippen LogP) is 3.53. The Hall–Kier alpha value is -4.53. The minimum Gasteiger partial charge on any atom is -0.497 e. The van der Waals surface area contributed by atoms with Gasteiger partial charge in [0.2, 0.25) is 0 Å². The summed E-state index contributed by atoms with van der Waals surface area (Å²) in [6, 6.07) is 18.4. The van der Waals surface area contributed by atoms with Gasteiger partial charge in [-0.25, -0.2) is 14.6 Å². The second-order valence-corrected chi connectivity index (χ2v) is 6.71. The number of nitrogens with one attached hydrogen (secondary N) is 2. The molecule has 168 valence electrons. The minimum atomic E-state index is -1.06. The Balaban J connectivity index is 1.56. The van der Waals surface area contributed by atoms with Crippen molar-refractivity contribution < 1.29 is 28.2 Å². The van der Waals surface area contributed by atoms with Crippen LogP contribution < -0.4 is 20.2 Å². The second kappa shape index (κ2) is 10.7. The van der Waals surface area contributed by atoms with Crippen molar-refractivity contribution >= 4 is 29.2 Å². The van der Waals surface area contributed by atoms with Crippen LogP contribution in [-0.2, 0) is 9.59 Å². The first-order valence-corrected chi connectivity index (χ1v) is 9.74. The molecular weight excluding hydrogens is 429 g/mol. The van der Waals surface area contributed by atoms with Crippen LogP contribution in [0.4, 0.5) is 10.1 Å². The van der Waals surface area contributed by atoms with Crippen LogP contribution in [0.5, 0.6) is 11.5 Å². The number of esters is 1. The molecule has 0 spiro atoms. The second-order valence-electron chi connectivity index (χ2n) is 6.71. The number of para-hydroxylation sites is 1. The molecule has 9 heteroatoms. The Kier molecular flexibility index (Phi) is 7.48. The van der Waals surface area contributed by atoms with Gasteiger partial charge < -0.3 is 14.8 Å². The van der Waals surface area contributed by atoms with Crippen molar-refractivity contribution in [1.82, 2.24) is 5.43 Å². The quantitative estimate of drug-likeness (QED) is 0.197. The van der Waals surface area contributed by atoms with Crippen LogP contribution in [0, 0.1) is 5.82 Å². The van der Waals surface area contributed by atoms with E-state index in [1.165, 1.54) is 25.3 Å². The standard InChI is InChI=1S/C24H20FN3O5/c1-15(27-28-23(30)22(29)26-21-6-4-3-5-20(21)25)16-7-13-19(14-8-16)33-24(31)17-9-11-18(32-2)12-10-17/h3-14H,1-2H3,(H,26,29)(H,28,30)/b27-15+. The van der Waals surface area contributed by atoms with Gasteiger partial charge in [0.1, 0.15) is 17.3 Å². The molecule has 0 aromatic heterocycles. The third kappa shape index (κ3) is 6.23. The zero-order chi connectivity index (χ0) is 23.8. The highest BCUT2D eigenvalue weighted by atomic mass is 19.1. The molecule has 0 bridgehead atoms. The number of nitrogens with zero attached hydrogens (tertiary/aromatic N) is 1. The molecule has 2 N–H and O–H groups in total. The lowest BCUT2D eigenvalue weighted by Gasteiger charge is -2.07. The van der Waals surface area contributed by atoms with Gasteiger partial charge >= 0.3 is 17.8 Å². The van der Waals surface area contributed by atoms with E-state index in [0.717, 1.165) is 6.07 Å². The third-order valence-electron chi connectivity index (χ3n) is 4.46. The van der Waals surface area contributed by atoms with Gasteiger partial charge in [-0.3, -0.25) is 9.59 Å². The van der Waals surface area contributed by atoms with Crippen LogP contribution in [0.3, 0.4) is 0 Å². The highest BCUT2D eigenvalue weighted by molar-refractivity contribution is 6.39. The maximum absolute atomic E-state index is 13.6. The lowest BCUT2D eigenvalue weighted by Crippen LogP contribution is -2.33. The highest BCUT2D eigenvalue weighted by Gasteiger charge is 2.15. The SMILES string of the molecule is COc1ccc(C(=O)Oc2ccc(/C(C)=N/NC(=O)C(=O)Nc3ccccc3F)cc2)cc1. The van der Waals surface area contributed by atoms with Crippen molar-refractivity contribution in [3.63, 3.8) is 0 Å². The topological polar surface area (TPSA) is 106 Å². The number of ether oxygens (including phenoxy) is 2. The summed E-state index contributed by atoms with van der Waals surface area (Å²) >= 11 is 0. The summed E-state index contributed by atoms with van der Waals surface area (Å²) in [5.74, 6) is -2.35. The summed E-state index contributed by atoms with van der Waals surface area (Å²) in [5, 5.41) is 6.05. The molecule has 0 aliphatic carbocycles. The van der Waals surface area contributed by atoms with Gasteiger partial charge in [0.05, 0.1) is 24.1 Å². The van der Waals surface area contributed by atoms with Gasteiger partial charge in [0.25, 0.3) is 0 Å². The van der Waals surface area contributed by atoms with Crippen LogP contribution in [-0.4, -0.2) is 30.6 Å². The number of hydrogen-bond acceptors (Lipinski definition) is 6. The van der Waals surface area contributed by atoms with Gasteiger partial charge in [0.15, 0.2) is 0 Å². The molecule has 0 aliphatic heterocycles. The van der Waals surface area contributed by atoms with Gasteiger partial charge in [-0.05, 0) is 73.2 Å². The number of halogens is 1. The van der Waals surface area contributed by atoms with Gasteiger partial charge in [-0.15, -0.1) is 0 Å². The molecule has 3 aromatic rings. The van der Waals surface area contributed by atoms with Crippen LogP contribution in [0.1, 0.15) is 22.8 Å². The fourth-order valence-corrected chi connectivity index (χ4v) is 2.65. The van der Waals surface area contributed by atoms with E-state index in [1.807, 2.05) is 0 Å². The maximum atomic E-state index is 13.6. The van der Waals surface area contributed by atoms with Crippen molar-refractivity contribution in [2.24, 2.45) is 5.10 Å². The largest absolute Gasteiger partial charge is 0.497 e. The van der Waals surface area contributed by atoms with Crippen LogP contribution >= 0.6 is 0 Å². The van der Waals surface area contributed by atoms with E-state index in [-0.39, 0.29) is 5.69 Å². The van der Waals surface area contributed by atoms with Crippen molar-refractivity contribution in [3.05, 3.63) is 89.7 Å². The maximum Gasteiger partial charge on any atom is 0.343 e. The summed E-state index contributed by atoms with van der Waals surface area (Å²) in [4.78, 5) is 36.1. The lowest BCUT2D eigenvalue weighted by atomic mass is 10.1. The number of benzene rings is 3. The first kappa shape index (κ1) is 23.1. The zero-order valence-electron chi connectivity index (χ0n) is 17.8. The highest BCUT2D eigenvalue weighted by Crippen LogP contribution is 2.17. The Labute approximate surface area is 189 Å². The molecule has 3 aromatic carbocycles. The number of methoxy groups -OCH3 is 1. The molecule has 0 fully saturated rings. The van der Waals surface area contributed by atoms with Gasteiger partial charge in [-0.2, -0.15) is 5.10 Å². The summed E-state index contributed by atoms with van der Waals surface area (Å²) in [6.07, 6.45) is 0. The molecule has 2 amide bonds. The molecule has 33 heavy (non-hydrogen) atoms. The van der Waals surface area contributed by atoms with Crippen molar-refractivity contribution in [2.75, 3.05) is 12.4 Å². The number of hydrazone groups is 1. The molecule has 0 unspecified atom stereocenters. The Morgan fingerprint density at radius 3 is 2.06 bits per heavy atom. The van der Waals surface area contributed by atoms with Crippen molar-refractivity contribution in [3.8, 4) is 11.5 Å². The number of anilines is 1. The van der Waals surface area contributed by atoms with E-state index in [1.54, 1.807) is 55.5 Å². The molecule has 3 rings (SSSR count). The van der Waals surface area contributed by atoms with E-state index >= 15 is 0 Å². The lowest BCUT2D eigenvalue weighted by molar-refractivity contribution is -0.136. The fraction of sp³-hybridized carbons (Fsp3) is 0.0833. The van der Waals surface area contributed by atoms with Gasteiger partial charge in [0, 0.05) is 0 Å². The molecule has 0 aliphatic rings. The average Bonchev–Trinajstić information content (AvgIpc) is 2.84. The van der Waals surface area contributed by atoms with Crippen LogP contribution in [0.25, 0.3) is 0 Å².